The van der Waals surface area contributed by atoms with Crippen LogP contribution >= 0.6 is 0 Å². The molecular weight excluding hydrogens is 192 g/mol. The average Bonchev–Trinajstić information content (AvgIpc) is 2.59. The maximum absolute atomic E-state index is 10.5. The zero-order valence-corrected chi connectivity index (χ0v) is 8.07. The molecule has 1 unspecified atom stereocenters. The Bertz CT molecular complexity index is 457. The predicted octanol–water partition coefficient (Wildman–Crippen LogP) is -0.212. The fraction of sp³-hybridized carbons (Fsp3) is 0.182. The van der Waals surface area contributed by atoms with Gasteiger partial charge < -0.3 is 20.6 Å². The molecule has 2 aromatic rings. The molecule has 0 saturated heterocycles. The van der Waals surface area contributed by atoms with E-state index in [1.54, 1.807) is 0 Å². The van der Waals surface area contributed by atoms with Crippen LogP contribution in [-0.4, -0.2) is 17.0 Å². The maximum Gasteiger partial charge on any atom is 0.0586 e. The molecule has 3 N–H and O–H groups in total. The molecule has 1 aromatic heterocycles. The highest BCUT2D eigenvalue weighted by Crippen LogP contribution is 2.15. The molecule has 0 aliphatic heterocycles. The SMILES string of the molecule is NC(Cc1cc2ccccc2[nH]1)C(=O)[O-]. The lowest BCUT2D eigenvalue weighted by molar-refractivity contribution is -0.307. The number of nitrogens with two attached hydrogens (primary N) is 1. The third kappa shape index (κ3) is 1.99. The molecule has 0 aliphatic carbocycles. The van der Waals surface area contributed by atoms with E-state index in [0.717, 1.165) is 16.6 Å². The Hall–Kier alpha value is -1.81. The number of benzene rings is 1. The fourth-order valence-corrected chi connectivity index (χ4v) is 1.56. The van der Waals surface area contributed by atoms with Gasteiger partial charge in [-0.1, -0.05) is 18.2 Å². The lowest BCUT2D eigenvalue weighted by atomic mass is 10.1. The summed E-state index contributed by atoms with van der Waals surface area (Å²) in [5, 5.41) is 11.5. The van der Waals surface area contributed by atoms with E-state index in [-0.39, 0.29) is 6.42 Å². The number of hydrogen-bond donors (Lipinski definition) is 2. The molecule has 78 valence electrons. The normalized spacial score (nSPS) is 12.9. The highest BCUT2D eigenvalue weighted by molar-refractivity contribution is 5.80. The number of aromatic nitrogens is 1. The summed E-state index contributed by atoms with van der Waals surface area (Å²) in [4.78, 5) is 13.6. The van der Waals surface area contributed by atoms with Crippen LogP contribution < -0.4 is 10.8 Å². The van der Waals surface area contributed by atoms with E-state index in [2.05, 4.69) is 4.98 Å². The molecule has 0 saturated carbocycles. The number of carbonyl (C=O) groups is 1. The second-order valence-electron chi connectivity index (χ2n) is 3.51. The molecule has 0 radical (unpaired) electrons. The van der Waals surface area contributed by atoms with E-state index in [9.17, 15) is 9.90 Å². The van der Waals surface area contributed by atoms with E-state index in [1.165, 1.54) is 0 Å². The number of H-pyrrole nitrogens is 1. The average molecular weight is 203 g/mol. The number of nitrogens with one attached hydrogen (secondary N) is 1. The van der Waals surface area contributed by atoms with Gasteiger partial charge in [-0.15, -0.1) is 0 Å². The van der Waals surface area contributed by atoms with Gasteiger partial charge in [0, 0.05) is 23.7 Å². The molecule has 4 nitrogen and oxygen atoms in total. The standard InChI is InChI=1S/C11H12N2O2/c12-9(11(14)15)6-8-5-7-3-1-2-4-10(7)13-8/h1-5,9,13H,6,12H2,(H,14,15)/p-1. The molecule has 15 heavy (non-hydrogen) atoms. The van der Waals surface area contributed by atoms with Gasteiger partial charge >= 0.3 is 0 Å². The Morgan fingerprint density at radius 2 is 2.20 bits per heavy atom. The van der Waals surface area contributed by atoms with Crippen molar-refractivity contribution in [3.63, 3.8) is 0 Å². The van der Waals surface area contributed by atoms with Gasteiger partial charge in [-0.3, -0.25) is 0 Å². The van der Waals surface area contributed by atoms with Crippen LogP contribution in [-0.2, 0) is 11.2 Å². The van der Waals surface area contributed by atoms with Gasteiger partial charge in [0.2, 0.25) is 0 Å². The minimum atomic E-state index is -1.23. The van der Waals surface area contributed by atoms with Crippen molar-refractivity contribution >= 4 is 16.9 Å². The molecule has 0 spiro atoms. The first kappa shape index (κ1) is 9.73. The van der Waals surface area contributed by atoms with E-state index in [4.69, 9.17) is 5.73 Å². The minimum absolute atomic E-state index is 0.261. The number of carboxylic acid groups (broad SMARTS) is 1. The number of hydrogen-bond acceptors (Lipinski definition) is 3. The van der Waals surface area contributed by atoms with Crippen LogP contribution in [0.1, 0.15) is 5.69 Å². The fourth-order valence-electron chi connectivity index (χ4n) is 1.56. The summed E-state index contributed by atoms with van der Waals surface area (Å²) in [5.74, 6) is -1.23. The van der Waals surface area contributed by atoms with Gasteiger partial charge in [-0.05, 0) is 17.5 Å². The summed E-state index contributed by atoms with van der Waals surface area (Å²) in [6.45, 7) is 0. The van der Waals surface area contributed by atoms with Crippen molar-refractivity contribution in [3.05, 3.63) is 36.0 Å². The van der Waals surface area contributed by atoms with E-state index < -0.39 is 12.0 Å². The van der Waals surface area contributed by atoms with Crippen molar-refractivity contribution < 1.29 is 9.90 Å². The molecular formula is C11H11N2O2-. The third-order valence-corrected chi connectivity index (χ3v) is 2.33. The number of para-hydroxylation sites is 1. The van der Waals surface area contributed by atoms with E-state index >= 15 is 0 Å². The number of aromatic amines is 1. The Labute approximate surface area is 86.7 Å². The molecule has 0 fully saturated rings. The number of carboxylic acids is 1. The minimum Gasteiger partial charge on any atom is -0.548 e. The van der Waals surface area contributed by atoms with Crippen LogP contribution in [0.2, 0.25) is 0 Å². The summed E-state index contributed by atoms with van der Waals surface area (Å²) >= 11 is 0. The summed E-state index contributed by atoms with van der Waals surface area (Å²) in [7, 11) is 0. The highest BCUT2D eigenvalue weighted by Gasteiger charge is 2.06. The van der Waals surface area contributed by atoms with Crippen LogP contribution in [0.15, 0.2) is 30.3 Å². The summed E-state index contributed by atoms with van der Waals surface area (Å²) in [6.07, 6.45) is 0.261. The van der Waals surface area contributed by atoms with Crippen LogP contribution in [0, 0.1) is 0 Å². The molecule has 1 atom stereocenters. The second kappa shape index (κ2) is 3.74. The van der Waals surface area contributed by atoms with Crippen LogP contribution in [0.4, 0.5) is 0 Å². The first-order chi connectivity index (χ1) is 7.16. The third-order valence-electron chi connectivity index (χ3n) is 2.33. The highest BCUT2D eigenvalue weighted by atomic mass is 16.4. The Kier molecular flexibility index (Phi) is 2.43. The van der Waals surface area contributed by atoms with Crippen LogP contribution in [0.25, 0.3) is 10.9 Å². The molecule has 2 rings (SSSR count). The lowest BCUT2D eigenvalue weighted by Gasteiger charge is -2.10. The quantitative estimate of drug-likeness (QED) is 0.724. The predicted molar refractivity (Wildman–Crippen MR) is 55.0 cm³/mol. The Morgan fingerprint density at radius 1 is 1.47 bits per heavy atom. The number of fused-ring (bicyclic) bond motifs is 1. The van der Waals surface area contributed by atoms with Gasteiger partial charge in [-0.2, -0.15) is 0 Å². The summed E-state index contributed by atoms with van der Waals surface area (Å²) < 4.78 is 0. The Morgan fingerprint density at radius 3 is 2.87 bits per heavy atom. The van der Waals surface area contributed by atoms with Gasteiger partial charge in [-0.25, -0.2) is 0 Å². The van der Waals surface area contributed by atoms with Gasteiger partial charge in [0.25, 0.3) is 0 Å². The van der Waals surface area contributed by atoms with E-state index in [0.29, 0.717) is 0 Å². The molecule has 0 bridgehead atoms. The summed E-state index contributed by atoms with van der Waals surface area (Å²) in [5.41, 5.74) is 7.19. The zero-order chi connectivity index (χ0) is 10.8. The van der Waals surface area contributed by atoms with Crippen molar-refractivity contribution in [2.75, 3.05) is 0 Å². The van der Waals surface area contributed by atoms with Crippen molar-refractivity contribution in [2.24, 2.45) is 5.73 Å². The van der Waals surface area contributed by atoms with E-state index in [1.807, 2.05) is 30.3 Å². The van der Waals surface area contributed by atoms with Crippen molar-refractivity contribution in [3.8, 4) is 0 Å². The smallest absolute Gasteiger partial charge is 0.0586 e. The summed E-state index contributed by atoms with van der Waals surface area (Å²) in [6, 6.07) is 8.68. The zero-order valence-electron chi connectivity index (χ0n) is 8.07. The topological polar surface area (TPSA) is 81.9 Å². The molecule has 1 heterocycles. The Balaban J connectivity index is 2.26. The molecule has 1 aromatic carbocycles. The first-order valence-corrected chi connectivity index (χ1v) is 4.70. The van der Waals surface area contributed by atoms with Gasteiger partial charge in [0.15, 0.2) is 0 Å². The van der Waals surface area contributed by atoms with Gasteiger partial charge in [0.1, 0.15) is 0 Å². The monoisotopic (exact) mass is 203 g/mol. The molecule has 0 amide bonds. The number of aliphatic carboxylic acids is 1. The van der Waals surface area contributed by atoms with Crippen LogP contribution in [0.3, 0.4) is 0 Å². The number of rotatable bonds is 3. The van der Waals surface area contributed by atoms with Gasteiger partial charge in [0.05, 0.1) is 5.97 Å². The number of carbonyl (C=O) groups excluding carboxylic acids is 1. The van der Waals surface area contributed by atoms with Crippen molar-refractivity contribution in [2.45, 2.75) is 12.5 Å². The first-order valence-electron chi connectivity index (χ1n) is 4.70. The molecule has 0 aliphatic rings. The van der Waals surface area contributed by atoms with Crippen LogP contribution in [0.5, 0.6) is 0 Å². The molecule has 4 heteroatoms. The van der Waals surface area contributed by atoms with Crippen molar-refractivity contribution in [1.82, 2.24) is 4.98 Å². The maximum atomic E-state index is 10.5. The largest absolute Gasteiger partial charge is 0.548 e. The lowest BCUT2D eigenvalue weighted by Crippen LogP contribution is -2.43. The van der Waals surface area contributed by atoms with Crippen molar-refractivity contribution in [1.29, 1.82) is 0 Å². The second-order valence-corrected chi connectivity index (χ2v) is 3.51.